The van der Waals surface area contributed by atoms with Crippen molar-refractivity contribution in [1.82, 2.24) is 5.32 Å². The smallest absolute Gasteiger partial charge is 0.0576 e. The fourth-order valence-corrected chi connectivity index (χ4v) is 3.20. The lowest BCUT2D eigenvalue weighted by atomic mass is 9.92. The molecule has 1 aromatic rings. The van der Waals surface area contributed by atoms with Gasteiger partial charge in [0.05, 0.1) is 6.10 Å². The van der Waals surface area contributed by atoms with Gasteiger partial charge in [0, 0.05) is 13.2 Å². The second-order valence-corrected chi connectivity index (χ2v) is 6.23. The molecule has 21 heavy (non-hydrogen) atoms. The van der Waals surface area contributed by atoms with Crippen molar-refractivity contribution in [1.29, 1.82) is 0 Å². The highest BCUT2D eigenvalue weighted by molar-refractivity contribution is 5.19. The topological polar surface area (TPSA) is 21.3 Å². The van der Waals surface area contributed by atoms with Gasteiger partial charge in [-0.15, -0.1) is 0 Å². The molecule has 1 saturated heterocycles. The maximum absolute atomic E-state index is 5.71. The summed E-state index contributed by atoms with van der Waals surface area (Å²) in [4.78, 5) is 0. The zero-order valence-corrected chi connectivity index (χ0v) is 13.5. The third-order valence-electron chi connectivity index (χ3n) is 4.44. The molecule has 1 aromatic carbocycles. The van der Waals surface area contributed by atoms with Crippen LogP contribution in [0.3, 0.4) is 0 Å². The Morgan fingerprint density at radius 3 is 2.81 bits per heavy atom. The Bertz CT molecular complexity index is 359. The highest BCUT2D eigenvalue weighted by atomic mass is 16.5. The van der Waals surface area contributed by atoms with Crippen LogP contribution in [0.4, 0.5) is 0 Å². The molecule has 1 N–H and O–H groups in total. The molecule has 0 saturated carbocycles. The van der Waals surface area contributed by atoms with E-state index in [9.17, 15) is 0 Å². The van der Waals surface area contributed by atoms with E-state index in [1.165, 1.54) is 50.5 Å². The van der Waals surface area contributed by atoms with Crippen LogP contribution in [0.1, 0.15) is 63.4 Å². The molecule has 0 bridgehead atoms. The Morgan fingerprint density at radius 2 is 2.10 bits per heavy atom. The first-order chi connectivity index (χ1) is 10.4. The lowest BCUT2D eigenvalue weighted by molar-refractivity contribution is 0.102. The maximum atomic E-state index is 5.71. The van der Waals surface area contributed by atoms with Gasteiger partial charge in [-0.2, -0.15) is 0 Å². The van der Waals surface area contributed by atoms with Gasteiger partial charge in [0.2, 0.25) is 0 Å². The molecule has 0 aromatic heterocycles. The van der Waals surface area contributed by atoms with Gasteiger partial charge in [-0.3, -0.25) is 0 Å². The monoisotopic (exact) mass is 289 g/mol. The van der Waals surface area contributed by atoms with Gasteiger partial charge >= 0.3 is 0 Å². The number of hydrogen-bond donors (Lipinski definition) is 1. The molecule has 0 amide bonds. The van der Waals surface area contributed by atoms with Gasteiger partial charge in [-0.25, -0.2) is 0 Å². The van der Waals surface area contributed by atoms with E-state index in [0.717, 1.165) is 19.7 Å². The molecule has 1 aliphatic heterocycles. The van der Waals surface area contributed by atoms with Crippen LogP contribution in [0.25, 0.3) is 0 Å². The number of nitrogens with one attached hydrogen (secondary N) is 1. The van der Waals surface area contributed by atoms with Crippen molar-refractivity contribution < 1.29 is 4.74 Å². The molecule has 0 spiro atoms. The van der Waals surface area contributed by atoms with E-state index in [1.54, 1.807) is 0 Å². The molecule has 2 nitrogen and oxygen atoms in total. The fourth-order valence-electron chi connectivity index (χ4n) is 3.20. The Morgan fingerprint density at radius 1 is 1.24 bits per heavy atom. The minimum Gasteiger partial charge on any atom is -0.378 e. The van der Waals surface area contributed by atoms with Gasteiger partial charge in [0.15, 0.2) is 0 Å². The van der Waals surface area contributed by atoms with Gasteiger partial charge in [0.25, 0.3) is 0 Å². The van der Waals surface area contributed by atoms with Crippen molar-refractivity contribution in [3.63, 3.8) is 0 Å². The van der Waals surface area contributed by atoms with Crippen molar-refractivity contribution >= 4 is 0 Å². The van der Waals surface area contributed by atoms with Crippen LogP contribution in [-0.2, 0) is 4.74 Å². The number of hydrogen-bond acceptors (Lipinski definition) is 2. The second kappa shape index (κ2) is 9.97. The third kappa shape index (κ3) is 6.19. The Labute approximate surface area is 130 Å². The lowest BCUT2D eigenvalue weighted by Gasteiger charge is -2.18. The van der Waals surface area contributed by atoms with Crippen molar-refractivity contribution in [3.05, 3.63) is 35.9 Å². The Balaban J connectivity index is 1.72. The highest BCUT2D eigenvalue weighted by Crippen LogP contribution is 2.24. The molecule has 1 aliphatic rings. The molecule has 2 rings (SSSR count). The molecular formula is C19H31NO. The molecular weight excluding hydrogens is 258 g/mol. The normalized spacial score (nSPS) is 19.8. The molecule has 2 heteroatoms. The molecule has 2 atom stereocenters. The molecule has 1 fully saturated rings. The maximum Gasteiger partial charge on any atom is 0.0576 e. The van der Waals surface area contributed by atoms with Crippen LogP contribution in [0.2, 0.25) is 0 Å². The van der Waals surface area contributed by atoms with Gasteiger partial charge in [0.1, 0.15) is 0 Å². The van der Waals surface area contributed by atoms with Crippen LogP contribution < -0.4 is 5.32 Å². The summed E-state index contributed by atoms with van der Waals surface area (Å²) in [6.45, 7) is 5.45. The summed E-state index contributed by atoms with van der Waals surface area (Å²) in [6.07, 6.45) is 9.46. The summed E-state index contributed by atoms with van der Waals surface area (Å²) in [7, 11) is 0. The Kier molecular flexibility index (Phi) is 7.83. The predicted octanol–water partition coefficient (Wildman–Crippen LogP) is 4.51. The summed E-state index contributed by atoms with van der Waals surface area (Å²) >= 11 is 0. The van der Waals surface area contributed by atoms with Crippen molar-refractivity contribution in [2.75, 3.05) is 19.7 Å². The van der Waals surface area contributed by atoms with Crippen LogP contribution in [-0.4, -0.2) is 25.8 Å². The summed E-state index contributed by atoms with van der Waals surface area (Å²) in [5.41, 5.74) is 1.48. The minimum absolute atomic E-state index is 0.554. The Hall–Kier alpha value is -0.860. The number of unbranched alkanes of at least 4 members (excludes halogenated alkanes) is 1. The highest BCUT2D eigenvalue weighted by Gasteiger charge is 2.15. The van der Waals surface area contributed by atoms with Crippen molar-refractivity contribution in [2.24, 2.45) is 0 Å². The van der Waals surface area contributed by atoms with Crippen LogP contribution >= 0.6 is 0 Å². The van der Waals surface area contributed by atoms with E-state index in [4.69, 9.17) is 4.74 Å². The van der Waals surface area contributed by atoms with Gasteiger partial charge in [-0.1, -0.05) is 50.1 Å². The van der Waals surface area contributed by atoms with Crippen molar-refractivity contribution in [2.45, 2.75) is 63.9 Å². The molecule has 1 heterocycles. The van der Waals surface area contributed by atoms with Crippen molar-refractivity contribution in [3.8, 4) is 0 Å². The summed E-state index contributed by atoms with van der Waals surface area (Å²) in [5.74, 6) is 0.655. The number of rotatable bonds is 10. The molecule has 0 radical (unpaired) electrons. The fraction of sp³-hybridized carbons (Fsp3) is 0.684. The minimum atomic E-state index is 0.554. The quantitative estimate of drug-likeness (QED) is 0.640. The van der Waals surface area contributed by atoms with Crippen LogP contribution in [0.5, 0.6) is 0 Å². The third-order valence-corrected chi connectivity index (χ3v) is 4.44. The summed E-state index contributed by atoms with van der Waals surface area (Å²) in [5, 5.41) is 3.59. The van der Waals surface area contributed by atoms with E-state index >= 15 is 0 Å². The first kappa shape index (κ1) is 16.5. The largest absolute Gasteiger partial charge is 0.378 e. The number of ether oxygens (including phenoxy) is 1. The first-order valence-corrected chi connectivity index (χ1v) is 8.77. The first-order valence-electron chi connectivity index (χ1n) is 8.77. The van der Waals surface area contributed by atoms with E-state index in [2.05, 4.69) is 42.6 Å². The zero-order chi connectivity index (χ0) is 14.8. The summed E-state index contributed by atoms with van der Waals surface area (Å²) in [6, 6.07) is 11.0. The second-order valence-electron chi connectivity index (χ2n) is 6.23. The average Bonchev–Trinajstić information content (AvgIpc) is 3.04. The van der Waals surface area contributed by atoms with E-state index < -0.39 is 0 Å². The number of benzene rings is 1. The molecule has 118 valence electrons. The SMILES string of the molecule is CCCNCC(CCCCC1CCCO1)c1ccccc1. The molecule has 2 unspecified atom stereocenters. The van der Waals surface area contributed by atoms with Gasteiger partial charge in [-0.05, 0) is 50.1 Å². The standard InChI is InChI=1S/C19H31NO/c1-2-14-20-16-18(17-9-4-3-5-10-17)11-6-7-12-19-13-8-15-21-19/h3-5,9-10,18-20H,2,6-8,11-16H2,1H3. The average molecular weight is 289 g/mol. The van der Waals surface area contributed by atoms with Crippen LogP contribution in [0.15, 0.2) is 30.3 Å². The van der Waals surface area contributed by atoms with E-state index in [-0.39, 0.29) is 0 Å². The van der Waals surface area contributed by atoms with Gasteiger partial charge < -0.3 is 10.1 Å². The van der Waals surface area contributed by atoms with E-state index in [1.807, 2.05) is 0 Å². The van der Waals surface area contributed by atoms with Crippen LogP contribution in [0, 0.1) is 0 Å². The molecule has 0 aliphatic carbocycles. The predicted molar refractivity (Wildman–Crippen MR) is 89.8 cm³/mol. The zero-order valence-electron chi connectivity index (χ0n) is 13.5. The van der Waals surface area contributed by atoms with E-state index in [0.29, 0.717) is 12.0 Å². The summed E-state index contributed by atoms with van der Waals surface area (Å²) < 4.78 is 5.71. The lowest BCUT2D eigenvalue weighted by Crippen LogP contribution is -2.22.